The van der Waals surface area contributed by atoms with Gasteiger partial charge in [-0.3, -0.25) is 24.5 Å². The molecule has 0 radical (unpaired) electrons. The zero-order chi connectivity index (χ0) is 27.2. The molecule has 2 aromatic rings. The van der Waals surface area contributed by atoms with Crippen LogP contribution in [0.3, 0.4) is 0 Å². The first-order chi connectivity index (χ1) is 19.0. The summed E-state index contributed by atoms with van der Waals surface area (Å²) in [6.45, 7) is 2.66. The fourth-order valence-electron chi connectivity index (χ4n) is 5.34. The minimum Gasteiger partial charge on any atom is -0.341 e. The van der Waals surface area contributed by atoms with Gasteiger partial charge in [0.15, 0.2) is 0 Å². The summed E-state index contributed by atoms with van der Waals surface area (Å²) in [5.74, 6) is -0.460. The molecule has 0 bridgehead atoms. The number of carbonyl (C=O) groups excluding carboxylic acids is 4. The van der Waals surface area contributed by atoms with Crippen LogP contribution in [0, 0.1) is 0 Å². The van der Waals surface area contributed by atoms with Crippen molar-refractivity contribution in [1.29, 1.82) is 0 Å². The number of fused-ring (bicyclic) bond motifs is 1. The third-order valence-electron chi connectivity index (χ3n) is 7.50. The maximum Gasteiger partial charge on any atom is 0.257 e. The zero-order valence-corrected chi connectivity index (χ0v) is 22.0. The van der Waals surface area contributed by atoms with Gasteiger partial charge in [-0.2, -0.15) is 0 Å². The number of nitrogens with one attached hydrogen (secondary N) is 2. The molecule has 0 aliphatic carbocycles. The zero-order valence-electron chi connectivity index (χ0n) is 22.0. The number of hydrogen-bond donors (Lipinski definition) is 2. The van der Waals surface area contributed by atoms with Gasteiger partial charge < -0.3 is 20.0 Å². The number of guanidine groups is 1. The van der Waals surface area contributed by atoms with E-state index in [-0.39, 0.29) is 30.2 Å². The van der Waals surface area contributed by atoms with Gasteiger partial charge in [0.1, 0.15) is 6.04 Å². The molecule has 10 heteroatoms. The van der Waals surface area contributed by atoms with E-state index in [1.54, 1.807) is 34.1 Å². The van der Waals surface area contributed by atoms with Crippen LogP contribution in [0.2, 0.25) is 0 Å². The molecule has 5 rings (SSSR count). The normalized spacial score (nSPS) is 19.5. The topological polar surface area (TPSA) is 114 Å². The number of rotatable bonds is 6. The largest absolute Gasteiger partial charge is 0.341 e. The molecule has 204 valence electrons. The molecule has 2 aromatic carbocycles. The van der Waals surface area contributed by atoms with E-state index in [0.29, 0.717) is 30.8 Å². The van der Waals surface area contributed by atoms with Crippen molar-refractivity contribution in [3.8, 4) is 0 Å². The van der Waals surface area contributed by atoms with Crippen molar-refractivity contribution >= 4 is 41.5 Å². The first kappa shape index (κ1) is 26.4. The van der Waals surface area contributed by atoms with Crippen molar-refractivity contribution in [2.24, 2.45) is 4.99 Å². The molecule has 39 heavy (non-hydrogen) atoms. The quantitative estimate of drug-likeness (QED) is 0.338. The van der Waals surface area contributed by atoms with Crippen molar-refractivity contribution in [3.05, 3.63) is 59.7 Å². The third-order valence-corrected chi connectivity index (χ3v) is 7.50. The molecule has 3 aliphatic rings. The van der Waals surface area contributed by atoms with E-state index >= 15 is 0 Å². The fraction of sp³-hybridized carbons (Fsp3) is 0.414. The van der Waals surface area contributed by atoms with E-state index in [4.69, 9.17) is 4.99 Å². The molecule has 0 spiro atoms. The highest BCUT2D eigenvalue weighted by Crippen LogP contribution is 2.30. The Balaban J connectivity index is 1.39. The maximum absolute atomic E-state index is 13.5. The van der Waals surface area contributed by atoms with Crippen LogP contribution in [0.5, 0.6) is 0 Å². The smallest absolute Gasteiger partial charge is 0.257 e. The van der Waals surface area contributed by atoms with Crippen LogP contribution in [-0.4, -0.2) is 78.7 Å². The monoisotopic (exact) mass is 530 g/mol. The molecule has 0 aromatic heterocycles. The minimum absolute atomic E-state index is 0.0286. The predicted molar refractivity (Wildman–Crippen MR) is 149 cm³/mol. The number of amides is 4. The number of benzene rings is 2. The summed E-state index contributed by atoms with van der Waals surface area (Å²) in [6.07, 6.45) is 5.67. The summed E-state index contributed by atoms with van der Waals surface area (Å²) in [5, 5.41) is 6.01. The van der Waals surface area contributed by atoms with E-state index in [1.165, 1.54) is 0 Å². The Morgan fingerprint density at radius 3 is 2.51 bits per heavy atom. The number of hydrogen-bond acceptors (Lipinski definition) is 5. The highest BCUT2D eigenvalue weighted by atomic mass is 16.2. The van der Waals surface area contributed by atoms with Crippen LogP contribution in [-0.2, 0) is 20.8 Å². The summed E-state index contributed by atoms with van der Waals surface area (Å²) in [7, 11) is 0. The van der Waals surface area contributed by atoms with E-state index in [2.05, 4.69) is 10.6 Å². The summed E-state index contributed by atoms with van der Waals surface area (Å²) in [5.41, 5.74) is 2.97. The number of aliphatic imine (C=N–C) groups is 1. The second kappa shape index (κ2) is 12.1. The molecule has 0 saturated carbocycles. The first-order valence-corrected chi connectivity index (χ1v) is 13.6. The van der Waals surface area contributed by atoms with Crippen molar-refractivity contribution in [3.63, 3.8) is 0 Å². The van der Waals surface area contributed by atoms with Gasteiger partial charge in [-0.05, 0) is 68.4 Å². The Morgan fingerprint density at radius 1 is 0.974 bits per heavy atom. The lowest BCUT2D eigenvalue weighted by atomic mass is 10.1. The second-order valence-electron chi connectivity index (χ2n) is 10.2. The van der Waals surface area contributed by atoms with Gasteiger partial charge in [0, 0.05) is 43.1 Å². The minimum atomic E-state index is -0.738. The van der Waals surface area contributed by atoms with Gasteiger partial charge in [0.05, 0.1) is 6.54 Å². The molecule has 1 atom stereocenters. The molecule has 10 nitrogen and oxygen atoms in total. The first-order valence-electron chi connectivity index (χ1n) is 13.6. The summed E-state index contributed by atoms with van der Waals surface area (Å²) in [6, 6.07) is 13.7. The van der Waals surface area contributed by atoms with Crippen molar-refractivity contribution in [2.75, 3.05) is 42.9 Å². The van der Waals surface area contributed by atoms with Crippen molar-refractivity contribution in [2.45, 2.75) is 44.6 Å². The number of nitrogens with zero attached hydrogens (tertiary/aromatic N) is 4. The van der Waals surface area contributed by atoms with Crippen LogP contribution < -0.4 is 15.5 Å². The van der Waals surface area contributed by atoms with Gasteiger partial charge >= 0.3 is 0 Å². The Morgan fingerprint density at radius 2 is 1.74 bits per heavy atom. The van der Waals surface area contributed by atoms with Crippen LogP contribution >= 0.6 is 0 Å². The van der Waals surface area contributed by atoms with Crippen LogP contribution in [0.15, 0.2) is 53.5 Å². The molecule has 4 amide bonds. The Kier molecular flexibility index (Phi) is 8.19. The van der Waals surface area contributed by atoms with E-state index in [1.807, 2.05) is 29.2 Å². The lowest BCUT2D eigenvalue weighted by Gasteiger charge is -2.25. The van der Waals surface area contributed by atoms with Crippen LogP contribution in [0.4, 0.5) is 11.4 Å². The fourth-order valence-corrected chi connectivity index (χ4v) is 5.34. The van der Waals surface area contributed by atoms with Gasteiger partial charge in [0.25, 0.3) is 5.91 Å². The third kappa shape index (κ3) is 6.27. The average molecular weight is 531 g/mol. The maximum atomic E-state index is 13.5. The number of likely N-dealkylation sites (tertiary alicyclic amines) is 2. The van der Waals surface area contributed by atoms with Gasteiger partial charge in [-0.15, -0.1) is 0 Å². The van der Waals surface area contributed by atoms with Crippen LogP contribution in [0.25, 0.3) is 0 Å². The second-order valence-corrected chi connectivity index (χ2v) is 10.2. The molecular weight excluding hydrogens is 496 g/mol. The number of anilines is 2. The SMILES string of the molecule is O=CN1CCc2ccc(NC(=NC3CCCCN(CC(=O)N4CCCC4)C3=O)NC(=O)c3ccccc3)cc21. The summed E-state index contributed by atoms with van der Waals surface area (Å²) < 4.78 is 0. The summed E-state index contributed by atoms with van der Waals surface area (Å²) >= 11 is 0. The molecule has 3 heterocycles. The molecule has 2 N–H and O–H groups in total. The molecule has 3 aliphatic heterocycles. The van der Waals surface area contributed by atoms with Gasteiger partial charge in [-0.1, -0.05) is 24.3 Å². The standard InChI is InChI=1S/C29H34N6O4/c36-20-35-17-13-21-11-12-23(18-25(21)35)30-29(32-27(38)22-8-2-1-3-9-22)31-24-10-4-5-16-34(28(24)39)19-26(37)33-14-6-7-15-33/h1-3,8-9,11-12,18,20,24H,4-7,10,13-17,19H2,(H2,30,31,32,38). The van der Waals surface area contributed by atoms with E-state index < -0.39 is 6.04 Å². The van der Waals surface area contributed by atoms with Gasteiger partial charge in [0.2, 0.25) is 24.2 Å². The molecule has 1 unspecified atom stereocenters. The van der Waals surface area contributed by atoms with E-state index in [9.17, 15) is 19.2 Å². The lowest BCUT2D eigenvalue weighted by molar-refractivity contribution is -0.140. The average Bonchev–Trinajstić information content (AvgIpc) is 3.61. The Hall–Kier alpha value is -4.21. The highest BCUT2D eigenvalue weighted by Gasteiger charge is 2.30. The van der Waals surface area contributed by atoms with Gasteiger partial charge in [-0.25, -0.2) is 4.99 Å². The molecular formula is C29H34N6O4. The predicted octanol–water partition coefficient (Wildman–Crippen LogP) is 2.41. The molecule has 2 fully saturated rings. The molecule has 2 saturated heterocycles. The summed E-state index contributed by atoms with van der Waals surface area (Å²) in [4.78, 5) is 60.6. The van der Waals surface area contributed by atoms with Crippen molar-refractivity contribution in [1.82, 2.24) is 15.1 Å². The van der Waals surface area contributed by atoms with Crippen LogP contribution in [0.1, 0.15) is 48.0 Å². The Labute approximate surface area is 228 Å². The van der Waals surface area contributed by atoms with Crippen molar-refractivity contribution < 1.29 is 19.2 Å². The Bertz CT molecular complexity index is 1260. The number of carbonyl (C=O) groups is 4. The lowest BCUT2D eigenvalue weighted by Crippen LogP contribution is -2.45. The highest BCUT2D eigenvalue weighted by molar-refractivity contribution is 6.10. The van der Waals surface area contributed by atoms with E-state index in [0.717, 1.165) is 62.9 Å².